The Labute approximate surface area is 163 Å². The third-order valence-electron chi connectivity index (χ3n) is 4.63. The Morgan fingerprint density at radius 3 is 1.27 bits per heavy atom. The van der Waals surface area contributed by atoms with Crippen molar-refractivity contribution in [3.63, 3.8) is 0 Å². The van der Waals surface area contributed by atoms with E-state index >= 15 is 0 Å². The molecule has 2 aromatic carbocycles. The lowest BCUT2D eigenvalue weighted by Gasteiger charge is -2.09. The lowest BCUT2D eigenvalue weighted by molar-refractivity contribution is -0.0887. The standard InChI is InChI=1S/C20H10F6N2O2/c21-19(22,23)17(29)13-9-5-1-3-7-11(9)27-15(13)16-14(18(30)20(24,25)26)10-6-2-4-8-12(10)28-16/h1-8,27-28H. The summed E-state index contributed by atoms with van der Waals surface area (Å²) in [4.78, 5) is 29.5. The molecule has 0 fully saturated rings. The number of hydrogen-bond acceptors (Lipinski definition) is 2. The van der Waals surface area contributed by atoms with Crippen LogP contribution in [0, 0.1) is 0 Å². The highest BCUT2D eigenvalue weighted by atomic mass is 19.4. The Morgan fingerprint density at radius 2 is 0.933 bits per heavy atom. The highest BCUT2D eigenvalue weighted by molar-refractivity contribution is 6.20. The molecule has 154 valence electrons. The predicted molar refractivity (Wildman–Crippen MR) is 96.4 cm³/mol. The second-order valence-corrected chi connectivity index (χ2v) is 6.49. The van der Waals surface area contributed by atoms with Crippen LogP contribution in [0.3, 0.4) is 0 Å². The minimum absolute atomic E-state index is 0.101. The van der Waals surface area contributed by atoms with E-state index in [1.54, 1.807) is 0 Å². The van der Waals surface area contributed by atoms with E-state index in [0.29, 0.717) is 0 Å². The summed E-state index contributed by atoms with van der Waals surface area (Å²) in [6.45, 7) is 0. The van der Waals surface area contributed by atoms with Gasteiger partial charge < -0.3 is 9.97 Å². The van der Waals surface area contributed by atoms with Gasteiger partial charge in [0.05, 0.1) is 22.5 Å². The number of para-hydroxylation sites is 2. The smallest absolute Gasteiger partial charge is 0.353 e. The van der Waals surface area contributed by atoms with E-state index < -0.39 is 46.4 Å². The van der Waals surface area contributed by atoms with Crippen molar-refractivity contribution in [3.05, 3.63) is 59.7 Å². The maximum absolute atomic E-state index is 13.3. The van der Waals surface area contributed by atoms with Crippen molar-refractivity contribution in [2.24, 2.45) is 0 Å². The molecule has 4 rings (SSSR count). The number of rotatable bonds is 3. The zero-order chi connectivity index (χ0) is 21.8. The van der Waals surface area contributed by atoms with Gasteiger partial charge in [-0.3, -0.25) is 9.59 Å². The molecule has 2 N–H and O–H groups in total. The first-order valence-corrected chi connectivity index (χ1v) is 8.45. The van der Waals surface area contributed by atoms with Crippen molar-refractivity contribution >= 4 is 33.4 Å². The average molecular weight is 424 g/mol. The molecule has 0 amide bonds. The highest BCUT2D eigenvalue weighted by Crippen LogP contribution is 2.40. The van der Waals surface area contributed by atoms with Crippen molar-refractivity contribution in [3.8, 4) is 11.4 Å². The van der Waals surface area contributed by atoms with Gasteiger partial charge in [-0.05, 0) is 12.1 Å². The molecular weight excluding hydrogens is 414 g/mol. The first kappa shape index (κ1) is 19.7. The summed E-state index contributed by atoms with van der Waals surface area (Å²) in [5, 5.41) is -0.252. The van der Waals surface area contributed by atoms with Gasteiger partial charge in [0.1, 0.15) is 0 Å². The Kier molecular flexibility index (Phi) is 4.26. The van der Waals surface area contributed by atoms with Crippen LogP contribution >= 0.6 is 0 Å². The van der Waals surface area contributed by atoms with Crippen LogP contribution in [0.4, 0.5) is 26.3 Å². The molecule has 0 atom stereocenters. The quantitative estimate of drug-likeness (QED) is 0.322. The summed E-state index contributed by atoms with van der Waals surface area (Å²) in [6.07, 6.45) is -10.6. The van der Waals surface area contributed by atoms with Gasteiger partial charge in [-0.25, -0.2) is 0 Å². The van der Waals surface area contributed by atoms with E-state index in [1.807, 2.05) is 0 Å². The van der Waals surface area contributed by atoms with Crippen molar-refractivity contribution in [2.45, 2.75) is 12.4 Å². The fraction of sp³-hybridized carbons (Fsp3) is 0.100. The normalized spacial score (nSPS) is 12.6. The first-order chi connectivity index (χ1) is 14.0. The number of carbonyl (C=O) groups excluding carboxylic acids is 2. The molecule has 2 aromatic heterocycles. The summed E-state index contributed by atoms with van der Waals surface area (Å²) in [5.74, 6) is -4.47. The molecule has 0 aliphatic carbocycles. The Hall–Kier alpha value is -3.56. The van der Waals surface area contributed by atoms with Gasteiger partial charge in [-0.1, -0.05) is 36.4 Å². The number of H-pyrrole nitrogens is 2. The number of alkyl halides is 6. The van der Waals surface area contributed by atoms with Crippen molar-refractivity contribution in [1.82, 2.24) is 9.97 Å². The molecule has 30 heavy (non-hydrogen) atoms. The second-order valence-electron chi connectivity index (χ2n) is 6.49. The van der Waals surface area contributed by atoms with Gasteiger partial charge in [0.2, 0.25) is 0 Å². The van der Waals surface area contributed by atoms with E-state index in [2.05, 4.69) is 9.97 Å². The number of aromatic amines is 2. The van der Waals surface area contributed by atoms with Crippen LogP contribution in [-0.2, 0) is 0 Å². The average Bonchev–Trinajstić information content (AvgIpc) is 3.23. The number of nitrogens with one attached hydrogen (secondary N) is 2. The second kappa shape index (κ2) is 6.48. The van der Waals surface area contributed by atoms with E-state index in [9.17, 15) is 35.9 Å². The van der Waals surface area contributed by atoms with Crippen molar-refractivity contribution in [2.75, 3.05) is 0 Å². The van der Waals surface area contributed by atoms with Crippen molar-refractivity contribution < 1.29 is 35.9 Å². The van der Waals surface area contributed by atoms with E-state index in [0.717, 1.165) is 0 Å². The molecule has 4 aromatic rings. The van der Waals surface area contributed by atoms with Crippen LogP contribution in [-0.4, -0.2) is 33.9 Å². The largest absolute Gasteiger partial charge is 0.454 e. The number of halogens is 6. The Balaban J connectivity index is 2.12. The molecule has 0 aliphatic rings. The first-order valence-electron chi connectivity index (χ1n) is 8.45. The van der Waals surface area contributed by atoms with Gasteiger partial charge in [0.25, 0.3) is 11.6 Å². The monoisotopic (exact) mass is 424 g/mol. The van der Waals surface area contributed by atoms with Gasteiger partial charge in [-0.15, -0.1) is 0 Å². The molecule has 10 heteroatoms. The molecule has 0 saturated heterocycles. The number of ketones is 2. The third kappa shape index (κ3) is 3.04. The fourth-order valence-electron chi connectivity index (χ4n) is 3.41. The number of carbonyl (C=O) groups is 2. The highest BCUT2D eigenvalue weighted by Gasteiger charge is 2.45. The van der Waals surface area contributed by atoms with E-state index in [4.69, 9.17) is 0 Å². The third-order valence-corrected chi connectivity index (χ3v) is 4.63. The van der Waals surface area contributed by atoms with Crippen LogP contribution in [0.25, 0.3) is 33.2 Å². The molecule has 2 heterocycles. The molecule has 0 radical (unpaired) electrons. The maximum atomic E-state index is 13.3. The van der Waals surface area contributed by atoms with E-state index in [1.165, 1.54) is 48.5 Å². The minimum atomic E-state index is -5.28. The SMILES string of the molecule is O=C(c1c(-c2[nH]c3ccccc3c2C(=O)C(F)(F)F)[nH]c2ccccc12)C(F)(F)F. The molecule has 0 saturated carbocycles. The zero-order valence-corrected chi connectivity index (χ0v) is 14.7. The van der Waals surface area contributed by atoms with Crippen LogP contribution in [0.5, 0.6) is 0 Å². The molecule has 0 unspecified atom stereocenters. The van der Waals surface area contributed by atoms with Crippen LogP contribution in [0.1, 0.15) is 20.7 Å². The summed E-state index contributed by atoms with van der Waals surface area (Å²) < 4.78 is 79.6. The van der Waals surface area contributed by atoms with Crippen LogP contribution in [0.2, 0.25) is 0 Å². The Bertz CT molecular complexity index is 1210. The summed E-state index contributed by atoms with van der Waals surface area (Å²) in [5.41, 5.74) is -2.60. The fourth-order valence-corrected chi connectivity index (χ4v) is 3.41. The van der Waals surface area contributed by atoms with E-state index in [-0.39, 0.29) is 21.8 Å². The zero-order valence-electron chi connectivity index (χ0n) is 14.7. The lowest BCUT2D eigenvalue weighted by Crippen LogP contribution is -2.24. The van der Waals surface area contributed by atoms with Gasteiger partial charge >= 0.3 is 12.4 Å². The molecular formula is C20H10F6N2O2. The summed E-state index contributed by atoms with van der Waals surface area (Å²) in [7, 11) is 0. The van der Waals surface area contributed by atoms with Crippen molar-refractivity contribution in [1.29, 1.82) is 0 Å². The Morgan fingerprint density at radius 1 is 0.600 bits per heavy atom. The molecule has 0 aliphatic heterocycles. The molecule has 0 bridgehead atoms. The van der Waals surface area contributed by atoms with Gasteiger partial charge in [-0.2, -0.15) is 26.3 Å². The van der Waals surface area contributed by atoms with Gasteiger partial charge in [0, 0.05) is 21.8 Å². The summed E-state index contributed by atoms with van der Waals surface area (Å²) >= 11 is 0. The summed E-state index contributed by atoms with van der Waals surface area (Å²) in [6, 6.07) is 11.0. The van der Waals surface area contributed by atoms with Gasteiger partial charge in [0.15, 0.2) is 0 Å². The minimum Gasteiger partial charge on any atom is -0.353 e. The lowest BCUT2D eigenvalue weighted by atomic mass is 9.99. The number of benzene rings is 2. The van der Waals surface area contributed by atoms with Crippen LogP contribution in [0.15, 0.2) is 48.5 Å². The number of fused-ring (bicyclic) bond motifs is 2. The molecule has 4 nitrogen and oxygen atoms in total. The topological polar surface area (TPSA) is 65.7 Å². The predicted octanol–water partition coefficient (Wildman–Crippen LogP) is 5.81. The van der Waals surface area contributed by atoms with Crippen LogP contribution < -0.4 is 0 Å². The maximum Gasteiger partial charge on any atom is 0.454 e. The number of hydrogen-bond donors (Lipinski definition) is 2. The molecule has 0 spiro atoms. The number of Topliss-reactive ketones (excluding diaryl/α,β-unsaturated/α-hetero) is 2. The number of aromatic nitrogens is 2.